The maximum absolute atomic E-state index is 11.1. The van der Waals surface area contributed by atoms with Crippen molar-refractivity contribution in [1.29, 1.82) is 0 Å². The molecule has 0 atom stereocenters. The molecule has 0 saturated heterocycles. The molecule has 2 aliphatic rings. The lowest BCUT2D eigenvalue weighted by atomic mass is 9.82. The molecule has 21 heavy (non-hydrogen) atoms. The van der Waals surface area contributed by atoms with Crippen molar-refractivity contribution in [3.63, 3.8) is 0 Å². The summed E-state index contributed by atoms with van der Waals surface area (Å²) in [5.74, 6) is 0. The maximum atomic E-state index is 11.1. The fraction of sp³-hybridized carbons (Fsp3) is 0.571. The van der Waals surface area contributed by atoms with Crippen LogP contribution in [0.5, 0.6) is 0 Å². The zero-order valence-corrected chi connectivity index (χ0v) is 13.8. The second-order valence-electron chi connectivity index (χ2n) is 5.95. The summed E-state index contributed by atoms with van der Waals surface area (Å²) in [5.41, 5.74) is 2.19. The molecule has 0 spiro atoms. The van der Waals surface area contributed by atoms with Gasteiger partial charge in [-0.1, -0.05) is 13.8 Å². The molecule has 0 saturated carbocycles. The summed E-state index contributed by atoms with van der Waals surface area (Å²) in [6.45, 7) is 5.84. The molecule has 0 unspecified atom stereocenters. The average Bonchev–Trinajstić information content (AvgIpc) is 2.66. The van der Waals surface area contributed by atoms with Crippen LogP contribution < -0.4 is 0 Å². The van der Waals surface area contributed by atoms with Crippen molar-refractivity contribution >= 4 is 30.8 Å². The van der Waals surface area contributed by atoms with E-state index in [2.05, 4.69) is 18.7 Å². The van der Waals surface area contributed by atoms with Crippen molar-refractivity contribution in [1.82, 2.24) is 4.90 Å². The minimum Gasteiger partial charge on any atom is -0.371 e. The summed E-state index contributed by atoms with van der Waals surface area (Å²) < 4.78 is 43.2. The lowest BCUT2D eigenvalue weighted by molar-refractivity contribution is 0.300. The number of nitrogens with zero attached hydrogens (tertiary/aromatic N) is 1. The van der Waals surface area contributed by atoms with Crippen molar-refractivity contribution in [3.05, 3.63) is 23.4 Å². The largest absolute Gasteiger partial charge is 0.371 e. The minimum absolute atomic E-state index is 0.0597. The van der Waals surface area contributed by atoms with Gasteiger partial charge in [0.05, 0.1) is 4.86 Å². The molecule has 1 aliphatic heterocycles. The molecule has 1 aliphatic carbocycles. The predicted molar refractivity (Wildman–Crippen MR) is 84.3 cm³/mol. The molecular weight excluding hydrogens is 310 g/mol. The van der Waals surface area contributed by atoms with Crippen molar-refractivity contribution in [2.75, 3.05) is 13.1 Å². The van der Waals surface area contributed by atoms with Gasteiger partial charge in [-0.2, -0.15) is 16.8 Å². The van der Waals surface area contributed by atoms with Gasteiger partial charge in [-0.05, 0) is 30.6 Å². The molecule has 0 amide bonds. The fourth-order valence-corrected chi connectivity index (χ4v) is 3.71. The molecular formula is C14H19NO4S2. The zero-order valence-electron chi connectivity index (χ0n) is 12.2. The van der Waals surface area contributed by atoms with Crippen molar-refractivity contribution in [3.8, 4) is 0 Å². The fourth-order valence-electron chi connectivity index (χ4n) is 2.91. The van der Waals surface area contributed by atoms with Crippen molar-refractivity contribution < 1.29 is 16.8 Å². The lowest BCUT2D eigenvalue weighted by Gasteiger charge is -2.24. The molecule has 5 nitrogen and oxygen atoms in total. The topological polar surface area (TPSA) is 71.5 Å². The predicted octanol–water partition coefficient (Wildman–Crippen LogP) is 1.06. The smallest absolute Gasteiger partial charge is 0.217 e. The van der Waals surface area contributed by atoms with Gasteiger partial charge >= 0.3 is 0 Å². The first-order valence-corrected chi connectivity index (χ1v) is 9.06. The second-order valence-corrected chi connectivity index (χ2v) is 7.80. The normalized spacial score (nSPS) is 19.7. The Balaban J connectivity index is 2.16. The number of allylic oxidation sites excluding steroid dienone is 2. The Labute approximate surface area is 128 Å². The molecule has 2 rings (SSSR count). The van der Waals surface area contributed by atoms with Crippen LogP contribution in [0, 0.1) is 5.41 Å². The van der Waals surface area contributed by atoms with Crippen LogP contribution in [0.2, 0.25) is 0 Å². The van der Waals surface area contributed by atoms with Gasteiger partial charge in [0.2, 0.25) is 20.6 Å². The van der Waals surface area contributed by atoms with Gasteiger partial charge in [-0.25, -0.2) is 0 Å². The molecule has 0 aromatic heterocycles. The average molecular weight is 329 g/mol. The van der Waals surface area contributed by atoms with Crippen LogP contribution in [-0.2, 0) is 20.6 Å². The molecule has 7 heteroatoms. The van der Waals surface area contributed by atoms with Crippen LogP contribution in [0.15, 0.2) is 23.4 Å². The number of rotatable bonds is 4. The highest BCUT2D eigenvalue weighted by atomic mass is 32.2. The third kappa shape index (κ3) is 3.65. The highest BCUT2D eigenvalue weighted by Gasteiger charge is 2.37. The maximum Gasteiger partial charge on any atom is 0.217 e. The lowest BCUT2D eigenvalue weighted by Crippen LogP contribution is -2.26. The molecule has 1 heterocycles. The molecule has 0 aromatic rings. The second kappa shape index (κ2) is 6.19. The SMILES string of the molecule is CC1(C)CN(CCCC=S(=O)=O)C2=C1CC(=S(=O)=O)C=C2. The quantitative estimate of drug-likeness (QED) is 0.569. The van der Waals surface area contributed by atoms with E-state index in [4.69, 9.17) is 0 Å². The van der Waals surface area contributed by atoms with Gasteiger partial charge in [0, 0.05) is 36.0 Å². The van der Waals surface area contributed by atoms with E-state index in [9.17, 15) is 16.8 Å². The third-order valence-corrected chi connectivity index (χ3v) is 5.15. The van der Waals surface area contributed by atoms with E-state index in [0.717, 1.165) is 30.8 Å². The Bertz CT molecular complexity index is 752. The van der Waals surface area contributed by atoms with E-state index < -0.39 is 20.6 Å². The molecule has 116 valence electrons. The molecule has 0 bridgehead atoms. The van der Waals surface area contributed by atoms with Crippen molar-refractivity contribution in [2.24, 2.45) is 5.41 Å². The summed E-state index contributed by atoms with van der Waals surface area (Å²) in [4.78, 5) is 2.65. The van der Waals surface area contributed by atoms with E-state index in [1.165, 1.54) is 5.37 Å². The summed E-state index contributed by atoms with van der Waals surface area (Å²) in [6.07, 6.45) is 5.30. The standard InChI is InChI=1S/C14H19NO4S2/c1-14(2)10-15(7-3-4-8-20(16)17)13-6-5-11(21(18)19)9-12(13)14/h5-6,8H,3-4,7,9-10H2,1-2H3. The van der Waals surface area contributed by atoms with Gasteiger partial charge < -0.3 is 4.90 Å². The monoisotopic (exact) mass is 329 g/mol. The van der Waals surface area contributed by atoms with Gasteiger partial charge in [0.1, 0.15) is 0 Å². The van der Waals surface area contributed by atoms with Gasteiger partial charge in [-0.15, -0.1) is 0 Å². The first-order valence-electron chi connectivity index (χ1n) is 6.84. The Hall–Kier alpha value is -1.34. The highest BCUT2D eigenvalue weighted by Crippen LogP contribution is 2.42. The molecule has 0 fully saturated rings. The van der Waals surface area contributed by atoms with Crippen LogP contribution in [0.25, 0.3) is 0 Å². The highest BCUT2D eigenvalue weighted by molar-refractivity contribution is 7.73. The third-order valence-electron chi connectivity index (χ3n) is 3.93. The van der Waals surface area contributed by atoms with E-state index >= 15 is 0 Å². The van der Waals surface area contributed by atoms with E-state index in [-0.39, 0.29) is 5.41 Å². The van der Waals surface area contributed by atoms with Gasteiger partial charge in [0.15, 0.2) is 0 Å². The molecule has 0 aromatic carbocycles. The molecule has 0 radical (unpaired) electrons. The summed E-state index contributed by atoms with van der Waals surface area (Å²) in [6, 6.07) is 0. The van der Waals surface area contributed by atoms with Crippen LogP contribution in [0.4, 0.5) is 0 Å². The van der Waals surface area contributed by atoms with Crippen LogP contribution >= 0.6 is 0 Å². The van der Waals surface area contributed by atoms with Crippen LogP contribution in [-0.4, -0.2) is 45.1 Å². The Morgan fingerprint density at radius 2 is 1.95 bits per heavy atom. The Morgan fingerprint density at radius 3 is 2.57 bits per heavy atom. The summed E-state index contributed by atoms with van der Waals surface area (Å²) >= 11 is 0. The number of unbranched alkanes of at least 4 members (excludes halogenated alkanes) is 1. The van der Waals surface area contributed by atoms with Crippen LogP contribution in [0.1, 0.15) is 33.1 Å². The molecule has 0 N–H and O–H groups in total. The summed E-state index contributed by atoms with van der Waals surface area (Å²) in [7, 11) is -4.26. The van der Waals surface area contributed by atoms with E-state index in [1.54, 1.807) is 6.08 Å². The van der Waals surface area contributed by atoms with Gasteiger partial charge in [0.25, 0.3) is 0 Å². The van der Waals surface area contributed by atoms with E-state index in [1.807, 2.05) is 6.08 Å². The van der Waals surface area contributed by atoms with E-state index in [0.29, 0.717) is 17.7 Å². The number of hydrogen-bond acceptors (Lipinski definition) is 5. The Morgan fingerprint density at radius 1 is 1.24 bits per heavy atom. The summed E-state index contributed by atoms with van der Waals surface area (Å²) in [5, 5.41) is 1.28. The number of hydrogen-bond donors (Lipinski definition) is 0. The first-order chi connectivity index (χ1) is 9.81. The zero-order chi connectivity index (χ0) is 15.6. The van der Waals surface area contributed by atoms with Crippen LogP contribution in [0.3, 0.4) is 0 Å². The first kappa shape index (κ1) is 16.0. The Kier molecular flexibility index (Phi) is 4.73. The minimum atomic E-state index is -2.16. The van der Waals surface area contributed by atoms with Crippen molar-refractivity contribution in [2.45, 2.75) is 33.1 Å². The van der Waals surface area contributed by atoms with Gasteiger partial charge in [-0.3, -0.25) is 0 Å².